The zero-order valence-electron chi connectivity index (χ0n) is 23.7. The Morgan fingerprint density at radius 2 is 1.33 bits per heavy atom. The molecule has 0 spiro atoms. The average molecular weight is 641 g/mol. The SMILES string of the molecule is Cc1ccc(OC2CC(NC(=O)C(=O)Nc3c[nH]c4cc(F)c(F)cc34)C2)nc1.O=C(O)C(=O)Nc1c[nH]c2cc(F)c(F)cc12. The van der Waals surface area contributed by atoms with Crippen molar-refractivity contribution in [3.05, 3.63) is 83.8 Å². The summed E-state index contributed by atoms with van der Waals surface area (Å²) >= 11 is 0. The first-order valence-corrected chi connectivity index (χ1v) is 13.6. The van der Waals surface area contributed by atoms with Gasteiger partial charge < -0.3 is 35.8 Å². The highest BCUT2D eigenvalue weighted by molar-refractivity contribution is 6.40. The number of anilines is 2. The first-order valence-electron chi connectivity index (χ1n) is 13.6. The van der Waals surface area contributed by atoms with Crippen molar-refractivity contribution >= 4 is 56.9 Å². The van der Waals surface area contributed by atoms with Crippen molar-refractivity contribution in [1.82, 2.24) is 20.3 Å². The van der Waals surface area contributed by atoms with Gasteiger partial charge in [-0.05, 0) is 24.6 Å². The Labute approximate surface area is 256 Å². The summed E-state index contributed by atoms with van der Waals surface area (Å²) in [5, 5.41) is 15.9. The van der Waals surface area contributed by atoms with Gasteiger partial charge in [-0.25, -0.2) is 27.3 Å². The molecule has 1 fully saturated rings. The number of fused-ring (bicyclic) bond motifs is 2. The van der Waals surface area contributed by atoms with Crippen LogP contribution in [0.5, 0.6) is 5.88 Å². The summed E-state index contributed by atoms with van der Waals surface area (Å²) in [4.78, 5) is 55.0. The Kier molecular flexibility index (Phi) is 8.88. The number of carboxylic acid groups (broad SMARTS) is 1. The van der Waals surface area contributed by atoms with Crippen LogP contribution in [-0.2, 0) is 19.2 Å². The lowest BCUT2D eigenvalue weighted by atomic mass is 9.89. The molecule has 0 bridgehead atoms. The zero-order chi connectivity index (χ0) is 33.1. The third-order valence-corrected chi connectivity index (χ3v) is 6.94. The minimum absolute atomic E-state index is 0.0753. The fourth-order valence-corrected chi connectivity index (χ4v) is 4.52. The average Bonchev–Trinajstić information content (AvgIpc) is 3.56. The molecular weight excluding hydrogens is 616 g/mol. The van der Waals surface area contributed by atoms with Gasteiger partial charge in [0.1, 0.15) is 6.10 Å². The molecule has 0 radical (unpaired) electrons. The van der Waals surface area contributed by atoms with Crippen LogP contribution in [0.15, 0.2) is 55.0 Å². The standard InChI is InChI=1S/C20H18F2N4O3.C10H6F2N2O3/c1-10-2-3-18(24-8-10)29-12-4-11(5-12)25-19(27)20(28)26-17-9-23-16-7-15(22)14(21)6-13(16)17;11-5-1-4-7(2-6(5)12)13-3-8(4)14-9(15)10(16)17/h2-3,6-9,11-12,23H,4-5H2,1H3,(H,25,27)(H,26,28);1-3,13H,(H,14,15)(H,16,17). The number of aromatic amines is 2. The van der Waals surface area contributed by atoms with Crippen LogP contribution in [0.2, 0.25) is 0 Å². The van der Waals surface area contributed by atoms with E-state index in [1.807, 2.05) is 13.0 Å². The number of hydrogen-bond donors (Lipinski definition) is 6. The summed E-state index contributed by atoms with van der Waals surface area (Å²) < 4.78 is 58.3. The van der Waals surface area contributed by atoms with Crippen molar-refractivity contribution in [1.29, 1.82) is 0 Å². The Morgan fingerprint density at radius 1 is 0.804 bits per heavy atom. The van der Waals surface area contributed by atoms with E-state index in [0.717, 1.165) is 29.8 Å². The molecule has 1 saturated carbocycles. The fourth-order valence-electron chi connectivity index (χ4n) is 4.52. The second-order valence-electron chi connectivity index (χ2n) is 10.3. The monoisotopic (exact) mass is 640 g/mol. The van der Waals surface area contributed by atoms with Crippen LogP contribution in [0.1, 0.15) is 18.4 Å². The molecule has 1 aliphatic carbocycles. The molecular formula is C30H24F4N6O6. The Hall–Kier alpha value is -5.93. The highest BCUT2D eigenvalue weighted by Crippen LogP contribution is 2.27. The van der Waals surface area contributed by atoms with Gasteiger partial charge in [-0.15, -0.1) is 0 Å². The Bertz CT molecular complexity index is 1970. The zero-order valence-corrected chi connectivity index (χ0v) is 23.7. The summed E-state index contributed by atoms with van der Waals surface area (Å²) in [6.45, 7) is 1.93. The molecule has 16 heteroatoms. The summed E-state index contributed by atoms with van der Waals surface area (Å²) in [5.74, 6) is -8.25. The van der Waals surface area contributed by atoms with E-state index in [1.165, 1.54) is 12.4 Å². The number of carbonyl (C=O) groups is 4. The molecule has 238 valence electrons. The molecule has 1 aliphatic rings. The molecule has 3 aromatic heterocycles. The second-order valence-corrected chi connectivity index (χ2v) is 10.3. The Morgan fingerprint density at radius 3 is 1.83 bits per heavy atom. The van der Waals surface area contributed by atoms with Crippen LogP contribution < -0.4 is 20.7 Å². The number of hydrogen-bond acceptors (Lipinski definition) is 6. The van der Waals surface area contributed by atoms with Gasteiger partial charge >= 0.3 is 23.7 Å². The molecule has 46 heavy (non-hydrogen) atoms. The summed E-state index contributed by atoms with van der Waals surface area (Å²) in [7, 11) is 0. The highest BCUT2D eigenvalue weighted by atomic mass is 19.2. The number of nitrogens with zero attached hydrogens (tertiary/aromatic N) is 1. The third-order valence-electron chi connectivity index (χ3n) is 6.94. The number of carbonyl (C=O) groups excluding carboxylic acids is 3. The Balaban J connectivity index is 0.000000209. The van der Waals surface area contributed by atoms with Gasteiger partial charge in [0.05, 0.1) is 22.4 Å². The van der Waals surface area contributed by atoms with Gasteiger partial charge in [0.25, 0.3) is 0 Å². The maximum absolute atomic E-state index is 13.4. The normalized spacial score (nSPS) is 15.3. The number of halogens is 4. The number of rotatable bonds is 5. The summed E-state index contributed by atoms with van der Waals surface area (Å²) in [6.07, 6.45) is 5.38. The van der Waals surface area contributed by atoms with Crippen molar-refractivity contribution < 1.29 is 46.6 Å². The molecule has 0 atom stereocenters. The molecule has 2 aromatic carbocycles. The maximum atomic E-state index is 13.4. The highest BCUT2D eigenvalue weighted by Gasteiger charge is 2.33. The van der Waals surface area contributed by atoms with Crippen molar-refractivity contribution in [2.45, 2.75) is 31.9 Å². The topological polar surface area (TPSA) is 178 Å². The minimum Gasteiger partial charge on any atom is -0.474 e. The third kappa shape index (κ3) is 7.06. The molecule has 0 saturated heterocycles. The van der Waals surface area contributed by atoms with Gasteiger partial charge in [0.2, 0.25) is 5.88 Å². The summed E-state index contributed by atoms with van der Waals surface area (Å²) in [5.41, 5.74) is 1.86. The van der Waals surface area contributed by atoms with Gasteiger partial charge in [0, 0.05) is 66.4 Å². The predicted molar refractivity (Wildman–Crippen MR) is 156 cm³/mol. The maximum Gasteiger partial charge on any atom is 0.394 e. The molecule has 0 aliphatic heterocycles. The van der Waals surface area contributed by atoms with Crippen molar-refractivity contribution in [2.24, 2.45) is 0 Å². The van der Waals surface area contributed by atoms with Crippen LogP contribution in [0, 0.1) is 30.2 Å². The molecule has 3 amide bonds. The fraction of sp³-hybridized carbons (Fsp3) is 0.167. The number of benzene rings is 2. The smallest absolute Gasteiger partial charge is 0.394 e. The summed E-state index contributed by atoms with van der Waals surface area (Å²) in [6, 6.07) is 7.23. The quantitative estimate of drug-likeness (QED) is 0.123. The molecule has 3 heterocycles. The first-order chi connectivity index (χ1) is 21.9. The van der Waals surface area contributed by atoms with E-state index in [1.54, 1.807) is 12.3 Å². The predicted octanol–water partition coefficient (Wildman–Crippen LogP) is 4.28. The molecule has 5 aromatic rings. The van der Waals surface area contributed by atoms with E-state index < -0.39 is 47.0 Å². The largest absolute Gasteiger partial charge is 0.474 e. The first kappa shape index (κ1) is 31.5. The van der Waals surface area contributed by atoms with Crippen molar-refractivity contribution in [3.8, 4) is 5.88 Å². The van der Waals surface area contributed by atoms with Gasteiger partial charge in [-0.1, -0.05) is 6.07 Å². The lowest BCUT2D eigenvalue weighted by Crippen LogP contribution is -2.51. The van der Waals surface area contributed by atoms with Crippen molar-refractivity contribution in [2.75, 3.05) is 10.6 Å². The van der Waals surface area contributed by atoms with E-state index in [9.17, 15) is 36.7 Å². The molecule has 6 rings (SSSR count). The van der Waals surface area contributed by atoms with Gasteiger partial charge in [-0.3, -0.25) is 14.4 Å². The number of aromatic nitrogens is 3. The number of H-pyrrole nitrogens is 2. The lowest BCUT2D eigenvalue weighted by Gasteiger charge is -2.35. The van der Waals surface area contributed by atoms with Gasteiger partial charge in [-0.2, -0.15) is 0 Å². The second kappa shape index (κ2) is 13.0. The van der Waals surface area contributed by atoms with E-state index in [-0.39, 0.29) is 39.8 Å². The number of aryl methyl sites for hydroxylation is 1. The van der Waals surface area contributed by atoms with E-state index in [2.05, 4.69) is 30.9 Å². The number of ether oxygens (including phenoxy) is 1. The van der Waals surface area contributed by atoms with Crippen LogP contribution in [-0.4, -0.2) is 55.9 Å². The lowest BCUT2D eigenvalue weighted by molar-refractivity contribution is -0.147. The van der Waals surface area contributed by atoms with E-state index >= 15 is 0 Å². The van der Waals surface area contributed by atoms with Crippen LogP contribution in [0.25, 0.3) is 21.8 Å². The molecule has 12 nitrogen and oxygen atoms in total. The van der Waals surface area contributed by atoms with Crippen molar-refractivity contribution in [3.63, 3.8) is 0 Å². The van der Waals surface area contributed by atoms with E-state index in [4.69, 9.17) is 9.84 Å². The van der Waals surface area contributed by atoms with Crippen LogP contribution in [0.3, 0.4) is 0 Å². The number of amides is 3. The molecule has 6 N–H and O–H groups in total. The van der Waals surface area contributed by atoms with Crippen LogP contribution in [0.4, 0.5) is 28.9 Å². The number of aliphatic carboxylic acids is 1. The molecule has 0 unspecified atom stereocenters. The number of nitrogens with one attached hydrogen (secondary N) is 5. The minimum atomic E-state index is -1.66. The number of carboxylic acids is 1. The number of pyridine rings is 1. The van der Waals surface area contributed by atoms with E-state index in [0.29, 0.717) is 24.2 Å². The van der Waals surface area contributed by atoms with Crippen LogP contribution >= 0.6 is 0 Å². The van der Waals surface area contributed by atoms with Gasteiger partial charge in [0.15, 0.2) is 23.3 Å².